The van der Waals surface area contributed by atoms with Gasteiger partial charge in [-0.3, -0.25) is 4.90 Å². The monoisotopic (exact) mass is 387 g/mol. The third-order valence-electron chi connectivity index (χ3n) is 5.24. The van der Waals surface area contributed by atoms with E-state index in [1.165, 1.54) is 22.9 Å². The molecule has 1 fully saturated rings. The van der Waals surface area contributed by atoms with Crippen molar-refractivity contribution >= 4 is 39.8 Å². The highest BCUT2D eigenvalue weighted by Crippen LogP contribution is 2.32. The third-order valence-corrected chi connectivity index (χ3v) is 6.05. The summed E-state index contributed by atoms with van der Waals surface area (Å²) in [6, 6.07) is 14.4. The Labute approximate surface area is 164 Å². The Morgan fingerprint density at radius 1 is 0.923 bits per heavy atom. The molecule has 4 rings (SSSR count). The van der Waals surface area contributed by atoms with Crippen LogP contribution in [0, 0.1) is 0 Å². The van der Waals surface area contributed by atoms with Crippen LogP contribution >= 0.6 is 23.2 Å². The van der Waals surface area contributed by atoms with Crippen LogP contribution in [-0.4, -0.2) is 42.6 Å². The summed E-state index contributed by atoms with van der Waals surface area (Å²) in [5.41, 5.74) is 3.71. The minimum Gasteiger partial charge on any atom is -0.368 e. The normalized spacial score (nSPS) is 15.7. The van der Waals surface area contributed by atoms with Gasteiger partial charge in [-0.05, 0) is 43.1 Å². The Morgan fingerprint density at radius 2 is 1.73 bits per heavy atom. The summed E-state index contributed by atoms with van der Waals surface area (Å²) >= 11 is 12.5. The molecule has 2 aromatic carbocycles. The maximum absolute atomic E-state index is 6.36. The molecular weight excluding hydrogens is 365 g/mol. The van der Waals surface area contributed by atoms with Crippen molar-refractivity contribution in [2.45, 2.75) is 12.8 Å². The quantitative estimate of drug-likeness (QED) is 0.647. The first-order chi connectivity index (χ1) is 12.7. The van der Waals surface area contributed by atoms with Crippen LogP contribution in [0.4, 0.5) is 5.69 Å². The first kappa shape index (κ1) is 17.7. The Hall–Kier alpha value is -1.68. The maximum atomic E-state index is 6.36. The standard InChI is InChI=1S/C21H23Cl2N3/c22-18-7-3-9-20(21(18)23)26-13-11-25(12-14-26)10-4-5-16-15-24-19-8-2-1-6-17(16)19/h1-3,6-9,15,24H,4-5,10-14H2. The smallest absolute Gasteiger partial charge is 0.0825 e. The molecule has 136 valence electrons. The highest BCUT2D eigenvalue weighted by molar-refractivity contribution is 6.43. The van der Waals surface area contributed by atoms with Crippen molar-refractivity contribution in [1.82, 2.24) is 9.88 Å². The SMILES string of the molecule is Clc1cccc(N2CCN(CCCc3c[nH]c4ccccc34)CC2)c1Cl. The number of nitrogens with zero attached hydrogens (tertiary/aromatic N) is 2. The van der Waals surface area contributed by atoms with Gasteiger partial charge in [0.25, 0.3) is 0 Å². The fraction of sp³-hybridized carbons (Fsp3) is 0.333. The van der Waals surface area contributed by atoms with Crippen molar-refractivity contribution in [3.63, 3.8) is 0 Å². The van der Waals surface area contributed by atoms with E-state index in [1.807, 2.05) is 12.1 Å². The van der Waals surface area contributed by atoms with E-state index in [2.05, 4.69) is 51.3 Å². The predicted octanol–water partition coefficient (Wildman–Crippen LogP) is 5.23. The molecule has 1 saturated heterocycles. The first-order valence-electron chi connectivity index (χ1n) is 9.18. The van der Waals surface area contributed by atoms with E-state index >= 15 is 0 Å². The van der Waals surface area contributed by atoms with E-state index in [-0.39, 0.29) is 0 Å². The minimum atomic E-state index is 0.630. The summed E-state index contributed by atoms with van der Waals surface area (Å²) in [6.45, 7) is 5.25. The highest BCUT2D eigenvalue weighted by Gasteiger charge is 2.19. The number of para-hydroxylation sites is 1. The second kappa shape index (κ2) is 7.91. The number of piperazine rings is 1. The number of aryl methyl sites for hydroxylation is 1. The Kier molecular flexibility index (Phi) is 5.39. The summed E-state index contributed by atoms with van der Waals surface area (Å²) in [7, 11) is 0. The fourth-order valence-corrected chi connectivity index (χ4v) is 4.20. The number of rotatable bonds is 5. The molecule has 0 saturated carbocycles. The lowest BCUT2D eigenvalue weighted by Gasteiger charge is -2.36. The van der Waals surface area contributed by atoms with E-state index in [0.717, 1.165) is 44.8 Å². The van der Waals surface area contributed by atoms with Crippen LogP contribution in [0.15, 0.2) is 48.7 Å². The minimum absolute atomic E-state index is 0.630. The Morgan fingerprint density at radius 3 is 2.58 bits per heavy atom. The Bertz CT molecular complexity index is 882. The number of aromatic nitrogens is 1. The fourth-order valence-electron chi connectivity index (χ4n) is 3.78. The van der Waals surface area contributed by atoms with Crippen LogP contribution in [0.5, 0.6) is 0 Å². The van der Waals surface area contributed by atoms with Crippen molar-refractivity contribution in [1.29, 1.82) is 0 Å². The summed E-state index contributed by atoms with van der Waals surface area (Å²) in [6.07, 6.45) is 4.45. The van der Waals surface area contributed by atoms with Gasteiger partial charge in [0.05, 0.1) is 15.7 Å². The molecule has 0 bridgehead atoms. The van der Waals surface area contributed by atoms with Crippen LogP contribution in [-0.2, 0) is 6.42 Å². The number of halogens is 2. The number of hydrogen-bond acceptors (Lipinski definition) is 2. The molecule has 0 unspecified atom stereocenters. The van der Waals surface area contributed by atoms with Gasteiger partial charge in [-0.2, -0.15) is 0 Å². The molecule has 1 aromatic heterocycles. The molecule has 3 nitrogen and oxygen atoms in total. The number of H-pyrrole nitrogens is 1. The lowest BCUT2D eigenvalue weighted by Crippen LogP contribution is -2.46. The number of fused-ring (bicyclic) bond motifs is 1. The van der Waals surface area contributed by atoms with Gasteiger partial charge < -0.3 is 9.88 Å². The molecule has 0 spiro atoms. The zero-order valence-electron chi connectivity index (χ0n) is 14.7. The molecule has 26 heavy (non-hydrogen) atoms. The van der Waals surface area contributed by atoms with Gasteiger partial charge in [-0.15, -0.1) is 0 Å². The second-order valence-electron chi connectivity index (χ2n) is 6.86. The highest BCUT2D eigenvalue weighted by atomic mass is 35.5. The average Bonchev–Trinajstić information content (AvgIpc) is 3.08. The largest absolute Gasteiger partial charge is 0.368 e. The van der Waals surface area contributed by atoms with E-state index in [1.54, 1.807) is 0 Å². The van der Waals surface area contributed by atoms with E-state index in [4.69, 9.17) is 23.2 Å². The maximum Gasteiger partial charge on any atom is 0.0825 e. The summed E-state index contributed by atoms with van der Waals surface area (Å²) in [4.78, 5) is 8.25. The lowest BCUT2D eigenvalue weighted by atomic mass is 10.1. The molecule has 1 N–H and O–H groups in total. The predicted molar refractivity (Wildman–Crippen MR) is 112 cm³/mol. The molecule has 0 aliphatic carbocycles. The van der Waals surface area contributed by atoms with Gasteiger partial charge in [-0.1, -0.05) is 47.5 Å². The number of nitrogens with one attached hydrogen (secondary N) is 1. The van der Waals surface area contributed by atoms with E-state index in [9.17, 15) is 0 Å². The van der Waals surface area contributed by atoms with Gasteiger partial charge in [0.15, 0.2) is 0 Å². The molecular formula is C21H23Cl2N3. The van der Waals surface area contributed by atoms with E-state index < -0.39 is 0 Å². The van der Waals surface area contributed by atoms with Crippen LogP contribution in [0.3, 0.4) is 0 Å². The number of benzene rings is 2. The van der Waals surface area contributed by atoms with Gasteiger partial charge in [0, 0.05) is 43.3 Å². The van der Waals surface area contributed by atoms with Crippen molar-refractivity contribution < 1.29 is 0 Å². The van der Waals surface area contributed by atoms with Gasteiger partial charge in [0.2, 0.25) is 0 Å². The zero-order chi connectivity index (χ0) is 17.9. The molecule has 0 amide bonds. The lowest BCUT2D eigenvalue weighted by molar-refractivity contribution is 0.255. The number of aromatic amines is 1. The summed E-state index contributed by atoms with van der Waals surface area (Å²) in [5, 5.41) is 2.65. The van der Waals surface area contributed by atoms with Crippen LogP contribution < -0.4 is 4.90 Å². The van der Waals surface area contributed by atoms with Crippen molar-refractivity contribution in [3.8, 4) is 0 Å². The molecule has 5 heteroatoms. The van der Waals surface area contributed by atoms with E-state index in [0.29, 0.717) is 10.0 Å². The number of hydrogen-bond donors (Lipinski definition) is 1. The van der Waals surface area contributed by atoms with Gasteiger partial charge in [0.1, 0.15) is 0 Å². The Balaban J connectivity index is 1.28. The number of anilines is 1. The average molecular weight is 388 g/mol. The van der Waals surface area contributed by atoms with Crippen LogP contribution in [0.25, 0.3) is 10.9 Å². The molecule has 1 aliphatic rings. The molecule has 0 atom stereocenters. The molecule has 2 heterocycles. The summed E-state index contributed by atoms with van der Waals surface area (Å²) in [5.74, 6) is 0. The third kappa shape index (κ3) is 3.71. The first-order valence-corrected chi connectivity index (χ1v) is 9.94. The topological polar surface area (TPSA) is 22.3 Å². The van der Waals surface area contributed by atoms with Crippen molar-refractivity contribution in [2.75, 3.05) is 37.6 Å². The molecule has 3 aromatic rings. The van der Waals surface area contributed by atoms with Crippen LogP contribution in [0.2, 0.25) is 10.0 Å². The summed E-state index contributed by atoms with van der Waals surface area (Å²) < 4.78 is 0. The van der Waals surface area contributed by atoms with Crippen molar-refractivity contribution in [3.05, 3.63) is 64.3 Å². The molecule has 1 aliphatic heterocycles. The second-order valence-corrected chi connectivity index (χ2v) is 7.65. The zero-order valence-corrected chi connectivity index (χ0v) is 16.2. The van der Waals surface area contributed by atoms with Crippen molar-refractivity contribution in [2.24, 2.45) is 0 Å². The molecule has 0 radical (unpaired) electrons. The van der Waals surface area contributed by atoms with Crippen LogP contribution in [0.1, 0.15) is 12.0 Å². The van der Waals surface area contributed by atoms with Gasteiger partial charge in [-0.25, -0.2) is 0 Å². The van der Waals surface area contributed by atoms with Gasteiger partial charge >= 0.3 is 0 Å².